The monoisotopic (exact) mass is 357 g/mol. The molecule has 5 nitrogen and oxygen atoms in total. The molecule has 0 aliphatic rings. The Morgan fingerprint density at radius 2 is 1.85 bits per heavy atom. The van der Waals surface area contributed by atoms with Crippen LogP contribution in [0.4, 0.5) is 0 Å². The first-order chi connectivity index (χ1) is 13.1. The van der Waals surface area contributed by atoms with Gasteiger partial charge in [0.25, 0.3) is 5.91 Å². The van der Waals surface area contributed by atoms with Crippen LogP contribution in [0.1, 0.15) is 27.3 Å². The molecule has 0 radical (unpaired) electrons. The van der Waals surface area contributed by atoms with Crippen LogP contribution in [-0.4, -0.2) is 15.7 Å². The Balaban J connectivity index is 1.72. The van der Waals surface area contributed by atoms with Crippen molar-refractivity contribution in [3.05, 3.63) is 88.8 Å². The van der Waals surface area contributed by atoms with Crippen molar-refractivity contribution in [3.8, 4) is 11.8 Å². The lowest BCUT2D eigenvalue weighted by molar-refractivity contribution is 0.0943. The minimum absolute atomic E-state index is 0.0270. The van der Waals surface area contributed by atoms with E-state index >= 15 is 0 Å². The van der Waals surface area contributed by atoms with Crippen LogP contribution in [0.25, 0.3) is 6.08 Å². The number of ether oxygens (including phenoxy) is 1. The first-order valence-corrected chi connectivity index (χ1v) is 8.53. The molecule has 0 amide bonds. The third-order valence-corrected chi connectivity index (χ3v) is 3.99. The summed E-state index contributed by atoms with van der Waals surface area (Å²) < 4.78 is 7.00. The van der Waals surface area contributed by atoms with E-state index in [1.165, 1.54) is 4.68 Å². The number of allylic oxidation sites excluding steroid dienone is 1. The minimum Gasteiger partial charge on any atom is -0.489 e. The van der Waals surface area contributed by atoms with Crippen molar-refractivity contribution in [2.75, 3.05) is 0 Å². The van der Waals surface area contributed by atoms with E-state index in [0.29, 0.717) is 12.3 Å². The molecule has 3 rings (SSSR count). The number of carbonyl (C=O) groups is 1. The van der Waals surface area contributed by atoms with E-state index in [0.717, 1.165) is 22.6 Å². The lowest BCUT2D eigenvalue weighted by atomic mass is 10.1. The largest absolute Gasteiger partial charge is 0.489 e. The van der Waals surface area contributed by atoms with Crippen LogP contribution in [-0.2, 0) is 6.61 Å². The van der Waals surface area contributed by atoms with Gasteiger partial charge in [0.05, 0.1) is 5.69 Å². The molecule has 27 heavy (non-hydrogen) atoms. The van der Waals surface area contributed by atoms with Crippen LogP contribution in [0.2, 0.25) is 0 Å². The summed E-state index contributed by atoms with van der Waals surface area (Å²) in [5.41, 5.74) is 3.29. The average Bonchev–Trinajstić information content (AvgIpc) is 3.03. The Labute approximate surface area is 158 Å². The topological polar surface area (TPSA) is 67.9 Å². The van der Waals surface area contributed by atoms with Gasteiger partial charge in [-0.2, -0.15) is 10.4 Å². The number of rotatable bonds is 5. The van der Waals surface area contributed by atoms with Gasteiger partial charge in [-0.25, -0.2) is 4.68 Å². The van der Waals surface area contributed by atoms with Gasteiger partial charge in [0.1, 0.15) is 24.0 Å². The van der Waals surface area contributed by atoms with Crippen LogP contribution in [0, 0.1) is 25.2 Å². The predicted molar refractivity (Wildman–Crippen MR) is 103 cm³/mol. The van der Waals surface area contributed by atoms with Gasteiger partial charge in [0, 0.05) is 5.69 Å². The van der Waals surface area contributed by atoms with E-state index in [1.54, 1.807) is 26.0 Å². The van der Waals surface area contributed by atoms with Gasteiger partial charge in [0.2, 0.25) is 0 Å². The Morgan fingerprint density at radius 1 is 1.15 bits per heavy atom. The highest BCUT2D eigenvalue weighted by Gasteiger charge is 2.15. The molecule has 0 N–H and O–H groups in total. The summed E-state index contributed by atoms with van der Waals surface area (Å²) in [5, 5.41) is 13.5. The van der Waals surface area contributed by atoms with Gasteiger partial charge in [-0.1, -0.05) is 42.5 Å². The smallest absolute Gasteiger partial charge is 0.289 e. The summed E-state index contributed by atoms with van der Waals surface area (Å²) in [5.74, 6) is 0.284. The zero-order chi connectivity index (χ0) is 19.2. The van der Waals surface area contributed by atoms with E-state index < -0.39 is 5.91 Å². The Morgan fingerprint density at radius 3 is 2.44 bits per heavy atom. The maximum Gasteiger partial charge on any atom is 0.289 e. The highest BCUT2D eigenvalue weighted by atomic mass is 16.5. The SMILES string of the molecule is Cc1cc(C)n(C(=O)/C(C#N)=C/c2ccc(OCc3ccccc3)cc2)n1. The van der Waals surface area contributed by atoms with Crippen molar-refractivity contribution in [1.29, 1.82) is 5.26 Å². The van der Waals surface area contributed by atoms with Gasteiger partial charge in [-0.3, -0.25) is 4.79 Å². The standard InChI is InChI=1S/C22H19N3O2/c1-16-12-17(2)25(24-16)22(26)20(14-23)13-18-8-10-21(11-9-18)27-15-19-6-4-3-5-7-19/h3-13H,15H2,1-2H3/b20-13+. The summed E-state index contributed by atoms with van der Waals surface area (Å²) >= 11 is 0. The van der Waals surface area contributed by atoms with Gasteiger partial charge in [-0.15, -0.1) is 0 Å². The molecule has 0 bridgehead atoms. The number of benzene rings is 2. The molecular formula is C22H19N3O2. The predicted octanol–water partition coefficient (Wildman–Crippen LogP) is 4.33. The van der Waals surface area contributed by atoms with Crippen LogP contribution in [0.5, 0.6) is 5.75 Å². The van der Waals surface area contributed by atoms with Crippen LogP contribution in [0.15, 0.2) is 66.2 Å². The lowest BCUT2D eigenvalue weighted by Gasteiger charge is -2.06. The molecule has 1 aromatic heterocycles. The third kappa shape index (κ3) is 4.50. The fourth-order valence-electron chi connectivity index (χ4n) is 2.66. The molecule has 134 valence electrons. The van der Waals surface area contributed by atoms with Crippen molar-refractivity contribution in [2.24, 2.45) is 0 Å². The maximum absolute atomic E-state index is 12.5. The first-order valence-electron chi connectivity index (χ1n) is 8.53. The third-order valence-electron chi connectivity index (χ3n) is 3.99. The second-order valence-electron chi connectivity index (χ2n) is 6.16. The number of aromatic nitrogens is 2. The van der Waals surface area contributed by atoms with Crippen molar-refractivity contribution in [1.82, 2.24) is 9.78 Å². The fourth-order valence-corrected chi connectivity index (χ4v) is 2.66. The van der Waals surface area contributed by atoms with Crippen LogP contribution >= 0.6 is 0 Å². The quantitative estimate of drug-likeness (QED) is 0.503. The summed E-state index contributed by atoms with van der Waals surface area (Å²) in [6.07, 6.45) is 1.56. The molecule has 3 aromatic rings. The second-order valence-corrected chi connectivity index (χ2v) is 6.16. The molecule has 0 aliphatic heterocycles. The first kappa shape index (κ1) is 18.2. The van der Waals surface area contributed by atoms with E-state index in [2.05, 4.69) is 5.10 Å². The van der Waals surface area contributed by atoms with Gasteiger partial charge < -0.3 is 4.74 Å². The minimum atomic E-state index is -0.437. The highest BCUT2D eigenvalue weighted by Crippen LogP contribution is 2.17. The Hall–Kier alpha value is -3.65. The molecule has 0 saturated carbocycles. The molecule has 0 saturated heterocycles. The van der Waals surface area contributed by atoms with E-state index in [-0.39, 0.29) is 5.57 Å². The Kier molecular flexibility index (Phi) is 5.48. The highest BCUT2D eigenvalue weighted by molar-refractivity contribution is 6.03. The molecule has 5 heteroatoms. The molecule has 1 heterocycles. The number of hydrogen-bond donors (Lipinski definition) is 0. The van der Waals surface area contributed by atoms with Crippen molar-refractivity contribution < 1.29 is 9.53 Å². The number of hydrogen-bond acceptors (Lipinski definition) is 4. The normalized spacial score (nSPS) is 11.1. The molecule has 2 aromatic carbocycles. The summed E-state index contributed by atoms with van der Waals surface area (Å²) in [6, 6.07) is 20.9. The molecule has 0 fully saturated rings. The van der Waals surface area contributed by atoms with Crippen molar-refractivity contribution in [2.45, 2.75) is 20.5 Å². The van der Waals surface area contributed by atoms with Crippen molar-refractivity contribution >= 4 is 12.0 Å². The zero-order valence-electron chi connectivity index (χ0n) is 15.2. The fraction of sp³-hybridized carbons (Fsp3) is 0.136. The zero-order valence-corrected chi connectivity index (χ0v) is 15.2. The number of nitriles is 1. The molecule has 0 aliphatic carbocycles. The summed E-state index contributed by atoms with van der Waals surface area (Å²) in [4.78, 5) is 12.5. The van der Waals surface area contributed by atoms with E-state index in [1.807, 2.05) is 60.7 Å². The van der Waals surface area contributed by atoms with Gasteiger partial charge >= 0.3 is 0 Å². The lowest BCUT2D eigenvalue weighted by Crippen LogP contribution is -2.15. The summed E-state index contributed by atoms with van der Waals surface area (Å²) in [7, 11) is 0. The number of aryl methyl sites for hydroxylation is 2. The molecule has 0 unspecified atom stereocenters. The van der Waals surface area contributed by atoms with E-state index in [4.69, 9.17) is 4.74 Å². The summed E-state index contributed by atoms with van der Waals surface area (Å²) in [6.45, 7) is 4.07. The van der Waals surface area contributed by atoms with Crippen LogP contribution in [0.3, 0.4) is 0 Å². The van der Waals surface area contributed by atoms with E-state index in [9.17, 15) is 10.1 Å². The molecule has 0 spiro atoms. The average molecular weight is 357 g/mol. The number of carbonyl (C=O) groups excluding carboxylic acids is 1. The number of nitrogens with zero attached hydrogens (tertiary/aromatic N) is 3. The van der Waals surface area contributed by atoms with Gasteiger partial charge in [-0.05, 0) is 49.2 Å². The van der Waals surface area contributed by atoms with Gasteiger partial charge in [0.15, 0.2) is 0 Å². The second kappa shape index (κ2) is 8.15. The Bertz CT molecular complexity index is 1010. The molecule has 0 atom stereocenters. The maximum atomic E-state index is 12.5. The molecular weight excluding hydrogens is 338 g/mol. The van der Waals surface area contributed by atoms with Crippen molar-refractivity contribution in [3.63, 3.8) is 0 Å². The van der Waals surface area contributed by atoms with Crippen LogP contribution < -0.4 is 4.74 Å².